The van der Waals surface area contributed by atoms with E-state index in [0.29, 0.717) is 6.10 Å². The number of ether oxygens (including phenoxy) is 1. The van der Waals surface area contributed by atoms with Crippen LogP contribution in [0.3, 0.4) is 0 Å². The molecule has 0 bridgehead atoms. The summed E-state index contributed by atoms with van der Waals surface area (Å²) in [5.74, 6) is 0. The molecule has 3 nitrogen and oxygen atoms in total. The largest absolute Gasteiger partial charge is 0.378 e. The lowest BCUT2D eigenvalue weighted by molar-refractivity contribution is 0.111. The van der Waals surface area contributed by atoms with Gasteiger partial charge in [0.05, 0.1) is 16.8 Å². The van der Waals surface area contributed by atoms with Gasteiger partial charge in [0.1, 0.15) is 0 Å². The second-order valence-electron chi connectivity index (χ2n) is 5.11. The predicted octanol–water partition coefficient (Wildman–Crippen LogP) is 3.25. The summed E-state index contributed by atoms with van der Waals surface area (Å²) >= 11 is 1.81. The minimum absolute atomic E-state index is 0.368. The maximum Gasteiger partial charge on any atom is 0.0961 e. The zero-order valence-electron chi connectivity index (χ0n) is 11.8. The normalized spacial score (nSPS) is 18.6. The fraction of sp³-hybridized carbons (Fsp3) is 0.438. The van der Waals surface area contributed by atoms with Crippen LogP contribution in [0.1, 0.15) is 22.7 Å². The van der Waals surface area contributed by atoms with Gasteiger partial charge in [0.2, 0.25) is 0 Å². The second-order valence-corrected chi connectivity index (χ2v) is 6.28. The Balaban J connectivity index is 1.85. The Morgan fingerprint density at radius 1 is 1.35 bits per heavy atom. The molecule has 1 fully saturated rings. The lowest BCUT2D eigenvalue weighted by Crippen LogP contribution is -2.08. The van der Waals surface area contributed by atoms with E-state index in [1.807, 2.05) is 24.5 Å². The van der Waals surface area contributed by atoms with Crippen LogP contribution in [0.15, 0.2) is 30.3 Å². The van der Waals surface area contributed by atoms with Gasteiger partial charge in [-0.25, -0.2) is 4.98 Å². The molecule has 0 saturated carbocycles. The van der Waals surface area contributed by atoms with E-state index in [9.17, 15) is 0 Å². The molecule has 3 rings (SSSR count). The van der Waals surface area contributed by atoms with Gasteiger partial charge in [-0.15, -0.1) is 11.3 Å². The first-order chi connectivity index (χ1) is 9.86. The maximum absolute atomic E-state index is 5.72. The number of rotatable bonds is 5. The molecule has 4 heteroatoms. The van der Waals surface area contributed by atoms with Gasteiger partial charge >= 0.3 is 0 Å². The van der Waals surface area contributed by atoms with Gasteiger partial charge in [-0.2, -0.15) is 0 Å². The summed E-state index contributed by atoms with van der Waals surface area (Å²) in [6, 6.07) is 10.4. The van der Waals surface area contributed by atoms with Gasteiger partial charge in [0.25, 0.3) is 0 Å². The summed E-state index contributed by atoms with van der Waals surface area (Å²) < 4.78 is 5.72. The number of aromatic nitrogens is 1. The molecule has 2 aromatic rings. The summed E-state index contributed by atoms with van der Waals surface area (Å²) in [5, 5.41) is 4.44. The van der Waals surface area contributed by atoms with Gasteiger partial charge in [-0.05, 0) is 19.9 Å². The predicted molar refractivity (Wildman–Crippen MR) is 83.0 cm³/mol. The van der Waals surface area contributed by atoms with E-state index < -0.39 is 0 Å². The fourth-order valence-electron chi connectivity index (χ4n) is 2.59. The average molecular weight is 288 g/mol. The van der Waals surface area contributed by atoms with Crippen LogP contribution in [0, 0.1) is 0 Å². The summed E-state index contributed by atoms with van der Waals surface area (Å²) in [6.45, 7) is 1.78. The number of benzene rings is 1. The highest BCUT2D eigenvalue weighted by Gasteiger charge is 2.19. The minimum Gasteiger partial charge on any atom is -0.378 e. The molecule has 0 spiro atoms. The Morgan fingerprint density at radius 3 is 2.90 bits per heavy atom. The van der Waals surface area contributed by atoms with Crippen LogP contribution in [-0.2, 0) is 17.7 Å². The molecule has 20 heavy (non-hydrogen) atoms. The molecule has 1 saturated heterocycles. The van der Waals surface area contributed by atoms with Crippen molar-refractivity contribution in [3.63, 3.8) is 0 Å². The van der Waals surface area contributed by atoms with Crippen molar-refractivity contribution in [1.29, 1.82) is 0 Å². The number of hydrogen-bond acceptors (Lipinski definition) is 4. The zero-order chi connectivity index (χ0) is 13.8. The van der Waals surface area contributed by atoms with Crippen molar-refractivity contribution in [2.45, 2.75) is 31.9 Å². The summed E-state index contributed by atoms with van der Waals surface area (Å²) in [4.78, 5) is 6.17. The van der Waals surface area contributed by atoms with E-state index in [2.05, 4.69) is 29.6 Å². The number of nitrogens with one attached hydrogen (secondary N) is 1. The van der Waals surface area contributed by atoms with Crippen molar-refractivity contribution in [2.24, 2.45) is 0 Å². The molecule has 1 atom stereocenters. The van der Waals surface area contributed by atoms with E-state index in [-0.39, 0.29) is 0 Å². The summed E-state index contributed by atoms with van der Waals surface area (Å²) in [6.07, 6.45) is 3.67. The fourth-order valence-corrected chi connectivity index (χ4v) is 3.76. The highest BCUT2D eigenvalue weighted by atomic mass is 32.1. The van der Waals surface area contributed by atoms with E-state index in [1.54, 1.807) is 0 Å². The Kier molecular flexibility index (Phi) is 4.45. The van der Waals surface area contributed by atoms with Crippen LogP contribution < -0.4 is 5.32 Å². The van der Waals surface area contributed by atoms with Crippen LogP contribution >= 0.6 is 11.3 Å². The Hall–Kier alpha value is -1.23. The van der Waals surface area contributed by atoms with Crippen molar-refractivity contribution in [3.05, 3.63) is 40.2 Å². The van der Waals surface area contributed by atoms with Crippen molar-refractivity contribution in [2.75, 3.05) is 13.7 Å². The zero-order valence-corrected chi connectivity index (χ0v) is 12.6. The Morgan fingerprint density at radius 2 is 2.20 bits per heavy atom. The van der Waals surface area contributed by atoms with Gasteiger partial charge in [0, 0.05) is 30.0 Å². The molecular formula is C16H20N2OS. The number of thiazole rings is 1. The molecular weight excluding hydrogens is 268 g/mol. The molecule has 1 aliphatic rings. The van der Waals surface area contributed by atoms with Gasteiger partial charge in [0.15, 0.2) is 0 Å². The minimum atomic E-state index is 0.368. The molecule has 0 radical (unpaired) electrons. The smallest absolute Gasteiger partial charge is 0.0961 e. The third-order valence-corrected chi connectivity index (χ3v) is 4.63. The number of nitrogens with zero attached hydrogens (tertiary/aromatic N) is 1. The first-order valence-electron chi connectivity index (χ1n) is 7.17. The molecule has 1 unspecified atom stereocenters. The maximum atomic E-state index is 5.72. The number of hydrogen-bond donors (Lipinski definition) is 1. The van der Waals surface area contributed by atoms with Crippen LogP contribution in [0.5, 0.6) is 0 Å². The molecule has 0 aliphatic carbocycles. The van der Waals surface area contributed by atoms with Crippen molar-refractivity contribution < 1.29 is 4.74 Å². The molecule has 0 amide bonds. The molecule has 1 aromatic carbocycles. The molecule has 1 aliphatic heterocycles. The van der Waals surface area contributed by atoms with Gasteiger partial charge in [-0.1, -0.05) is 30.3 Å². The van der Waals surface area contributed by atoms with Gasteiger partial charge in [-0.3, -0.25) is 0 Å². The van der Waals surface area contributed by atoms with Crippen molar-refractivity contribution in [1.82, 2.24) is 10.3 Å². The molecule has 2 heterocycles. The lowest BCUT2D eigenvalue weighted by Gasteiger charge is -2.05. The SMILES string of the molecule is CNCc1sc(CC2CCCO2)nc1-c1ccccc1. The van der Waals surface area contributed by atoms with Crippen LogP contribution in [0.2, 0.25) is 0 Å². The lowest BCUT2D eigenvalue weighted by atomic mass is 10.1. The first-order valence-corrected chi connectivity index (χ1v) is 7.98. The average Bonchev–Trinajstić information content (AvgIpc) is 3.11. The Bertz CT molecular complexity index is 547. The second kappa shape index (κ2) is 6.48. The van der Waals surface area contributed by atoms with Gasteiger partial charge < -0.3 is 10.1 Å². The van der Waals surface area contributed by atoms with Crippen molar-refractivity contribution in [3.8, 4) is 11.3 Å². The van der Waals surface area contributed by atoms with Crippen molar-refractivity contribution >= 4 is 11.3 Å². The summed E-state index contributed by atoms with van der Waals surface area (Å²) in [5.41, 5.74) is 2.32. The van der Waals surface area contributed by atoms with E-state index in [0.717, 1.165) is 25.3 Å². The highest BCUT2D eigenvalue weighted by molar-refractivity contribution is 7.12. The van der Waals surface area contributed by atoms with Crippen LogP contribution in [-0.4, -0.2) is 24.7 Å². The highest BCUT2D eigenvalue weighted by Crippen LogP contribution is 2.30. The molecule has 1 N–H and O–H groups in total. The van der Waals surface area contributed by atoms with Crippen LogP contribution in [0.25, 0.3) is 11.3 Å². The topological polar surface area (TPSA) is 34.1 Å². The van der Waals surface area contributed by atoms with E-state index >= 15 is 0 Å². The van der Waals surface area contributed by atoms with E-state index in [1.165, 1.54) is 28.3 Å². The molecule has 1 aromatic heterocycles. The van der Waals surface area contributed by atoms with Crippen LogP contribution in [0.4, 0.5) is 0 Å². The standard InChI is InChI=1S/C16H20N2OS/c1-17-11-14-16(12-6-3-2-4-7-12)18-15(20-14)10-13-8-5-9-19-13/h2-4,6-7,13,17H,5,8-11H2,1H3. The third kappa shape index (κ3) is 3.08. The first kappa shape index (κ1) is 13.7. The third-order valence-electron chi connectivity index (χ3n) is 3.55. The molecule has 106 valence electrons. The monoisotopic (exact) mass is 288 g/mol. The Labute approximate surface area is 124 Å². The van der Waals surface area contributed by atoms with E-state index in [4.69, 9.17) is 9.72 Å². The quantitative estimate of drug-likeness (QED) is 0.917. The summed E-state index contributed by atoms with van der Waals surface area (Å²) in [7, 11) is 1.98.